The van der Waals surface area contributed by atoms with E-state index >= 15 is 0 Å². The lowest BCUT2D eigenvalue weighted by atomic mass is 9.99. The summed E-state index contributed by atoms with van der Waals surface area (Å²) in [4.78, 5) is 13.6. The van der Waals surface area contributed by atoms with Gasteiger partial charge in [0.05, 0.1) is 13.2 Å². The lowest BCUT2D eigenvalue weighted by molar-refractivity contribution is 0.103. The topological polar surface area (TPSA) is 26.3 Å². The van der Waals surface area contributed by atoms with Crippen LogP contribution in [0.2, 0.25) is 0 Å². The van der Waals surface area contributed by atoms with E-state index in [0.29, 0.717) is 13.2 Å². The van der Waals surface area contributed by atoms with Crippen LogP contribution in [-0.4, -0.2) is 12.0 Å². The zero-order valence-corrected chi connectivity index (χ0v) is 11.5. The maximum absolute atomic E-state index is 12.4. The van der Waals surface area contributed by atoms with Crippen LogP contribution in [0.25, 0.3) is 0 Å². The fourth-order valence-electron chi connectivity index (χ4n) is 2.22. The minimum atomic E-state index is 0.0716. The number of fused-ring (bicyclic) bond motifs is 1. The Balaban J connectivity index is 1.90. The summed E-state index contributed by atoms with van der Waals surface area (Å²) in [6.07, 6.45) is 2.03. The standard InChI is InChI=1S/C16H14O2S/c1-19-15-6-4-11(5-7-15)16(17)12-2-3-13-9-18-10-14(13)8-12/h2-8H,9-10H2,1H3. The van der Waals surface area contributed by atoms with Gasteiger partial charge in [-0.05, 0) is 47.7 Å². The van der Waals surface area contributed by atoms with Crippen molar-refractivity contribution < 1.29 is 9.53 Å². The molecule has 0 saturated carbocycles. The molecule has 2 aromatic carbocycles. The molecule has 0 unspecified atom stereocenters. The molecule has 0 N–H and O–H groups in total. The summed E-state index contributed by atoms with van der Waals surface area (Å²) in [6, 6.07) is 13.6. The quantitative estimate of drug-likeness (QED) is 0.629. The van der Waals surface area contributed by atoms with Crippen LogP contribution in [-0.2, 0) is 18.0 Å². The molecular formula is C16H14O2S. The molecule has 0 aliphatic carbocycles. The molecule has 0 aromatic heterocycles. The van der Waals surface area contributed by atoms with Crippen molar-refractivity contribution in [1.82, 2.24) is 0 Å². The summed E-state index contributed by atoms with van der Waals surface area (Å²) in [7, 11) is 0. The molecule has 3 rings (SSSR count). The first-order chi connectivity index (χ1) is 9.28. The van der Waals surface area contributed by atoms with Gasteiger partial charge in [0, 0.05) is 16.0 Å². The summed E-state index contributed by atoms with van der Waals surface area (Å²) in [5.41, 5.74) is 3.79. The predicted octanol–water partition coefficient (Wildman–Crippen LogP) is 3.67. The van der Waals surface area contributed by atoms with Crippen LogP contribution in [0.15, 0.2) is 47.4 Å². The highest BCUT2D eigenvalue weighted by atomic mass is 32.2. The summed E-state index contributed by atoms with van der Waals surface area (Å²) >= 11 is 1.67. The maximum Gasteiger partial charge on any atom is 0.193 e. The zero-order chi connectivity index (χ0) is 13.2. The smallest absolute Gasteiger partial charge is 0.193 e. The van der Waals surface area contributed by atoms with Crippen LogP contribution in [0.1, 0.15) is 27.0 Å². The molecular weight excluding hydrogens is 256 g/mol. The molecule has 0 radical (unpaired) electrons. The second-order valence-corrected chi connectivity index (χ2v) is 5.41. The Hall–Kier alpha value is -1.58. The summed E-state index contributed by atoms with van der Waals surface area (Å²) < 4.78 is 5.37. The Labute approximate surface area is 116 Å². The summed E-state index contributed by atoms with van der Waals surface area (Å²) in [5, 5.41) is 0. The number of thioether (sulfide) groups is 1. The Morgan fingerprint density at radius 1 is 1.00 bits per heavy atom. The lowest BCUT2D eigenvalue weighted by Gasteiger charge is -2.04. The predicted molar refractivity (Wildman–Crippen MR) is 76.6 cm³/mol. The van der Waals surface area contributed by atoms with Gasteiger partial charge in [0.25, 0.3) is 0 Å². The highest BCUT2D eigenvalue weighted by Crippen LogP contribution is 2.23. The van der Waals surface area contributed by atoms with Crippen LogP contribution in [0, 0.1) is 0 Å². The number of carbonyl (C=O) groups excluding carboxylic acids is 1. The normalized spacial score (nSPS) is 13.3. The van der Waals surface area contributed by atoms with Gasteiger partial charge in [-0.2, -0.15) is 0 Å². The average Bonchev–Trinajstić information content (AvgIpc) is 2.94. The zero-order valence-electron chi connectivity index (χ0n) is 10.7. The van der Waals surface area contributed by atoms with Crippen LogP contribution in [0.3, 0.4) is 0 Å². The number of hydrogen-bond donors (Lipinski definition) is 0. The van der Waals surface area contributed by atoms with Crippen molar-refractivity contribution in [3.05, 3.63) is 64.7 Å². The van der Waals surface area contributed by atoms with E-state index in [9.17, 15) is 4.79 Å². The van der Waals surface area contributed by atoms with Crippen LogP contribution in [0.5, 0.6) is 0 Å². The third kappa shape index (κ3) is 2.44. The molecule has 96 valence electrons. The first-order valence-electron chi connectivity index (χ1n) is 6.16. The Morgan fingerprint density at radius 3 is 2.42 bits per heavy atom. The molecule has 19 heavy (non-hydrogen) atoms. The minimum absolute atomic E-state index is 0.0716. The van der Waals surface area contributed by atoms with Gasteiger partial charge in [0.15, 0.2) is 5.78 Å². The largest absolute Gasteiger partial charge is 0.372 e. The highest BCUT2D eigenvalue weighted by Gasteiger charge is 2.15. The van der Waals surface area contributed by atoms with E-state index in [2.05, 4.69) is 0 Å². The molecule has 0 spiro atoms. The van der Waals surface area contributed by atoms with Gasteiger partial charge in [0.2, 0.25) is 0 Å². The van der Waals surface area contributed by atoms with E-state index in [1.165, 1.54) is 10.5 Å². The lowest BCUT2D eigenvalue weighted by Crippen LogP contribution is -2.02. The minimum Gasteiger partial charge on any atom is -0.372 e. The van der Waals surface area contributed by atoms with Crippen molar-refractivity contribution in [3.63, 3.8) is 0 Å². The third-order valence-corrected chi connectivity index (χ3v) is 4.08. The van der Waals surface area contributed by atoms with Gasteiger partial charge in [0.1, 0.15) is 0 Å². The number of rotatable bonds is 3. The molecule has 3 heteroatoms. The Kier molecular flexibility index (Phi) is 3.40. The molecule has 1 aliphatic heterocycles. The van der Waals surface area contributed by atoms with Gasteiger partial charge in [-0.15, -0.1) is 11.8 Å². The number of ketones is 1. The van der Waals surface area contributed by atoms with Gasteiger partial charge in [-0.25, -0.2) is 0 Å². The summed E-state index contributed by atoms with van der Waals surface area (Å²) in [6.45, 7) is 1.27. The highest BCUT2D eigenvalue weighted by molar-refractivity contribution is 7.98. The van der Waals surface area contributed by atoms with E-state index in [-0.39, 0.29) is 5.78 Å². The fourth-order valence-corrected chi connectivity index (χ4v) is 2.63. The van der Waals surface area contributed by atoms with E-state index in [1.54, 1.807) is 11.8 Å². The first-order valence-corrected chi connectivity index (χ1v) is 7.39. The van der Waals surface area contributed by atoms with Crippen molar-refractivity contribution >= 4 is 17.5 Å². The maximum atomic E-state index is 12.4. The molecule has 0 atom stereocenters. The van der Waals surface area contributed by atoms with Gasteiger partial charge in [-0.3, -0.25) is 4.79 Å². The van der Waals surface area contributed by atoms with E-state index in [0.717, 1.165) is 16.7 Å². The van der Waals surface area contributed by atoms with Crippen molar-refractivity contribution in [2.75, 3.05) is 6.26 Å². The van der Waals surface area contributed by atoms with Crippen molar-refractivity contribution in [3.8, 4) is 0 Å². The monoisotopic (exact) mass is 270 g/mol. The molecule has 0 fully saturated rings. The second-order valence-electron chi connectivity index (χ2n) is 4.53. The number of hydrogen-bond acceptors (Lipinski definition) is 3. The molecule has 2 aromatic rings. The molecule has 0 bridgehead atoms. The molecule has 1 heterocycles. The molecule has 2 nitrogen and oxygen atoms in total. The summed E-state index contributed by atoms with van der Waals surface area (Å²) in [5.74, 6) is 0.0716. The van der Waals surface area contributed by atoms with Crippen LogP contribution < -0.4 is 0 Å². The van der Waals surface area contributed by atoms with Gasteiger partial charge < -0.3 is 4.74 Å². The molecule has 0 saturated heterocycles. The number of carbonyl (C=O) groups is 1. The SMILES string of the molecule is CSc1ccc(C(=O)c2ccc3c(c2)COC3)cc1. The average molecular weight is 270 g/mol. The second kappa shape index (κ2) is 5.19. The van der Waals surface area contributed by atoms with Crippen molar-refractivity contribution in [2.45, 2.75) is 18.1 Å². The third-order valence-electron chi connectivity index (χ3n) is 3.34. The van der Waals surface area contributed by atoms with E-state index in [4.69, 9.17) is 4.74 Å². The number of benzene rings is 2. The molecule has 0 amide bonds. The van der Waals surface area contributed by atoms with Crippen LogP contribution >= 0.6 is 11.8 Å². The van der Waals surface area contributed by atoms with Gasteiger partial charge >= 0.3 is 0 Å². The fraction of sp³-hybridized carbons (Fsp3) is 0.188. The first kappa shape index (κ1) is 12.5. The van der Waals surface area contributed by atoms with Crippen LogP contribution in [0.4, 0.5) is 0 Å². The Bertz CT molecular complexity index is 617. The van der Waals surface area contributed by atoms with Gasteiger partial charge in [-0.1, -0.05) is 12.1 Å². The van der Waals surface area contributed by atoms with E-state index < -0.39 is 0 Å². The van der Waals surface area contributed by atoms with Crippen molar-refractivity contribution in [2.24, 2.45) is 0 Å². The van der Waals surface area contributed by atoms with E-state index in [1.807, 2.05) is 48.7 Å². The molecule has 1 aliphatic rings. The number of ether oxygens (including phenoxy) is 1. The van der Waals surface area contributed by atoms with Crippen molar-refractivity contribution in [1.29, 1.82) is 0 Å². The Morgan fingerprint density at radius 2 is 1.68 bits per heavy atom.